The van der Waals surface area contributed by atoms with Crippen LogP contribution in [0.4, 0.5) is 11.4 Å². The first-order chi connectivity index (χ1) is 11.6. The molecule has 1 atom stereocenters. The van der Waals surface area contributed by atoms with Crippen LogP contribution < -0.4 is 16.0 Å². The summed E-state index contributed by atoms with van der Waals surface area (Å²) in [6.07, 6.45) is -0.00757. The molecular weight excluding hydrogens is 328 g/mol. The van der Waals surface area contributed by atoms with Crippen LogP contribution in [-0.4, -0.2) is 23.8 Å². The number of hydrogen-bond donors (Lipinski definition) is 3. The van der Waals surface area contributed by atoms with Gasteiger partial charge < -0.3 is 10.6 Å². The van der Waals surface area contributed by atoms with Crippen LogP contribution in [0.25, 0.3) is 0 Å². The van der Waals surface area contributed by atoms with Gasteiger partial charge in [0, 0.05) is 16.4 Å². The molecule has 0 saturated heterocycles. The zero-order chi connectivity index (χ0) is 16.9. The van der Waals surface area contributed by atoms with Gasteiger partial charge in [0.2, 0.25) is 17.8 Å². The third-order valence-corrected chi connectivity index (χ3v) is 3.59. The van der Waals surface area contributed by atoms with E-state index in [2.05, 4.69) is 20.9 Å². The number of rotatable bonds is 3. The van der Waals surface area contributed by atoms with Crippen LogP contribution in [0.3, 0.4) is 0 Å². The maximum Gasteiger partial charge on any atom is 0.249 e. The van der Waals surface area contributed by atoms with E-state index in [9.17, 15) is 9.59 Å². The molecule has 3 rings (SSSR count). The standard InChI is InChI=1S/C17H15ClN4O2/c18-11-5-4-8-13(9-11)19-16(24)14-10-15(23)22-17(21-14)20-12-6-2-1-3-7-12/h1-9,14H,10H2,(H,19,24)(H2,20,21,22,23)/t14-/m1/s1. The second-order valence-electron chi connectivity index (χ2n) is 5.24. The molecule has 6 nitrogen and oxygen atoms in total. The molecule has 0 aromatic heterocycles. The van der Waals surface area contributed by atoms with Crippen LogP contribution in [0.15, 0.2) is 59.6 Å². The highest BCUT2D eigenvalue weighted by Crippen LogP contribution is 2.16. The molecule has 0 bridgehead atoms. The Morgan fingerprint density at radius 2 is 1.88 bits per heavy atom. The number of carbonyl (C=O) groups is 2. The predicted octanol–water partition coefficient (Wildman–Crippen LogP) is 2.64. The largest absolute Gasteiger partial charge is 0.326 e. The highest BCUT2D eigenvalue weighted by atomic mass is 35.5. The van der Waals surface area contributed by atoms with E-state index in [4.69, 9.17) is 11.6 Å². The number of anilines is 2. The van der Waals surface area contributed by atoms with Gasteiger partial charge in [-0.3, -0.25) is 14.9 Å². The van der Waals surface area contributed by atoms with E-state index >= 15 is 0 Å². The van der Waals surface area contributed by atoms with Gasteiger partial charge in [-0.2, -0.15) is 0 Å². The monoisotopic (exact) mass is 342 g/mol. The minimum atomic E-state index is -0.802. The maximum atomic E-state index is 12.4. The second-order valence-corrected chi connectivity index (χ2v) is 5.67. The van der Waals surface area contributed by atoms with Gasteiger partial charge >= 0.3 is 0 Å². The quantitative estimate of drug-likeness (QED) is 0.802. The van der Waals surface area contributed by atoms with E-state index in [0.29, 0.717) is 10.7 Å². The van der Waals surface area contributed by atoms with Crippen molar-refractivity contribution in [3.8, 4) is 0 Å². The Morgan fingerprint density at radius 3 is 2.62 bits per heavy atom. The molecule has 0 radical (unpaired) electrons. The summed E-state index contributed by atoms with van der Waals surface area (Å²) in [7, 11) is 0. The molecule has 0 aliphatic carbocycles. The Morgan fingerprint density at radius 1 is 1.12 bits per heavy atom. The van der Waals surface area contributed by atoms with Gasteiger partial charge in [0.15, 0.2) is 0 Å². The zero-order valence-corrected chi connectivity index (χ0v) is 13.4. The minimum Gasteiger partial charge on any atom is -0.326 e. The van der Waals surface area contributed by atoms with Crippen molar-refractivity contribution in [2.24, 2.45) is 4.99 Å². The first-order valence-electron chi connectivity index (χ1n) is 7.36. The second kappa shape index (κ2) is 7.14. The number of carbonyl (C=O) groups excluding carboxylic acids is 2. The highest BCUT2D eigenvalue weighted by Gasteiger charge is 2.27. The van der Waals surface area contributed by atoms with Crippen molar-refractivity contribution in [1.29, 1.82) is 0 Å². The van der Waals surface area contributed by atoms with Crippen molar-refractivity contribution in [2.45, 2.75) is 12.5 Å². The minimum absolute atomic E-state index is 0.00757. The number of nitrogens with zero attached hydrogens (tertiary/aromatic N) is 1. The van der Waals surface area contributed by atoms with E-state index < -0.39 is 6.04 Å². The van der Waals surface area contributed by atoms with Crippen LogP contribution in [0, 0.1) is 0 Å². The average molecular weight is 343 g/mol. The maximum absolute atomic E-state index is 12.4. The number of halogens is 1. The van der Waals surface area contributed by atoms with Gasteiger partial charge in [0.05, 0.1) is 6.42 Å². The number of amides is 2. The molecule has 3 N–H and O–H groups in total. The number of benzene rings is 2. The van der Waals surface area contributed by atoms with Crippen molar-refractivity contribution in [1.82, 2.24) is 5.32 Å². The highest BCUT2D eigenvalue weighted by molar-refractivity contribution is 6.30. The van der Waals surface area contributed by atoms with Crippen molar-refractivity contribution in [3.05, 3.63) is 59.6 Å². The molecule has 1 aliphatic heterocycles. The van der Waals surface area contributed by atoms with Gasteiger partial charge in [-0.15, -0.1) is 0 Å². The molecule has 0 saturated carbocycles. The van der Waals surface area contributed by atoms with Gasteiger partial charge in [-0.25, -0.2) is 4.99 Å². The number of aliphatic imine (C=N–C) groups is 1. The van der Waals surface area contributed by atoms with Gasteiger partial charge in [-0.1, -0.05) is 35.9 Å². The van der Waals surface area contributed by atoms with Crippen molar-refractivity contribution in [2.75, 3.05) is 10.6 Å². The Labute approximate surface area is 143 Å². The molecule has 2 amide bonds. The van der Waals surface area contributed by atoms with Crippen LogP contribution in [0.1, 0.15) is 6.42 Å². The molecule has 122 valence electrons. The normalized spacial score (nSPS) is 16.8. The van der Waals surface area contributed by atoms with Gasteiger partial charge in [0.1, 0.15) is 6.04 Å². The predicted molar refractivity (Wildman–Crippen MR) is 94.1 cm³/mol. The Hall–Kier alpha value is -2.86. The number of nitrogens with one attached hydrogen (secondary N) is 3. The smallest absolute Gasteiger partial charge is 0.249 e. The fraction of sp³-hybridized carbons (Fsp3) is 0.118. The lowest BCUT2D eigenvalue weighted by atomic mass is 10.1. The molecule has 24 heavy (non-hydrogen) atoms. The molecule has 0 fully saturated rings. The van der Waals surface area contributed by atoms with E-state index in [1.54, 1.807) is 24.3 Å². The lowest BCUT2D eigenvalue weighted by Gasteiger charge is -2.21. The van der Waals surface area contributed by atoms with E-state index in [1.807, 2.05) is 30.3 Å². The van der Waals surface area contributed by atoms with Crippen molar-refractivity contribution >= 4 is 40.7 Å². The van der Waals surface area contributed by atoms with Gasteiger partial charge in [0.25, 0.3) is 0 Å². The summed E-state index contributed by atoms with van der Waals surface area (Å²) in [6, 6.07) is 15.3. The Balaban J connectivity index is 1.73. The molecule has 7 heteroatoms. The summed E-state index contributed by atoms with van der Waals surface area (Å²) < 4.78 is 0. The van der Waals surface area contributed by atoms with Crippen molar-refractivity contribution in [3.63, 3.8) is 0 Å². The van der Waals surface area contributed by atoms with E-state index in [-0.39, 0.29) is 24.2 Å². The Kier molecular flexibility index (Phi) is 4.77. The summed E-state index contributed by atoms with van der Waals surface area (Å²) >= 11 is 5.90. The fourth-order valence-corrected chi connectivity index (χ4v) is 2.45. The molecule has 0 spiro atoms. The molecule has 2 aromatic rings. The molecule has 2 aromatic carbocycles. The average Bonchev–Trinajstić information content (AvgIpc) is 2.55. The van der Waals surface area contributed by atoms with Crippen LogP contribution in [0.5, 0.6) is 0 Å². The SMILES string of the molecule is O=C1C[C@H](C(=O)Nc2cccc(Cl)c2)N=C(Nc2ccccc2)N1. The van der Waals surface area contributed by atoms with Crippen LogP contribution >= 0.6 is 11.6 Å². The molecule has 1 aliphatic rings. The van der Waals surface area contributed by atoms with Gasteiger partial charge in [-0.05, 0) is 30.3 Å². The van der Waals surface area contributed by atoms with Crippen LogP contribution in [-0.2, 0) is 9.59 Å². The molecular formula is C17H15ClN4O2. The number of guanidine groups is 1. The molecule has 1 heterocycles. The molecule has 0 unspecified atom stereocenters. The van der Waals surface area contributed by atoms with E-state index in [1.165, 1.54) is 0 Å². The first-order valence-corrected chi connectivity index (χ1v) is 7.74. The summed E-state index contributed by atoms with van der Waals surface area (Å²) in [5.41, 5.74) is 1.33. The third-order valence-electron chi connectivity index (χ3n) is 3.35. The van der Waals surface area contributed by atoms with Crippen molar-refractivity contribution < 1.29 is 9.59 Å². The number of para-hydroxylation sites is 1. The summed E-state index contributed by atoms with van der Waals surface area (Å²) in [4.78, 5) is 28.5. The topological polar surface area (TPSA) is 82.6 Å². The lowest BCUT2D eigenvalue weighted by Crippen LogP contribution is -2.45. The van der Waals surface area contributed by atoms with E-state index in [0.717, 1.165) is 5.69 Å². The number of hydrogen-bond acceptors (Lipinski definition) is 4. The fourth-order valence-electron chi connectivity index (χ4n) is 2.26. The third kappa shape index (κ3) is 4.11. The van der Waals surface area contributed by atoms with Crippen LogP contribution in [0.2, 0.25) is 5.02 Å². The Bertz CT molecular complexity index is 792. The zero-order valence-electron chi connectivity index (χ0n) is 12.6. The lowest BCUT2D eigenvalue weighted by molar-refractivity contribution is -0.124. The summed E-state index contributed by atoms with van der Waals surface area (Å²) in [6.45, 7) is 0. The first kappa shape index (κ1) is 16.0. The summed E-state index contributed by atoms with van der Waals surface area (Å²) in [5.74, 6) is -0.377. The summed E-state index contributed by atoms with van der Waals surface area (Å²) in [5, 5.41) is 8.84.